The van der Waals surface area contributed by atoms with Crippen molar-refractivity contribution in [3.05, 3.63) is 52.8 Å². The Morgan fingerprint density at radius 3 is 2.67 bits per heavy atom. The van der Waals surface area contributed by atoms with Gasteiger partial charge in [-0.1, -0.05) is 11.6 Å². The minimum absolute atomic E-state index is 0.203. The van der Waals surface area contributed by atoms with Gasteiger partial charge in [0, 0.05) is 5.02 Å². The first-order valence-corrected chi connectivity index (χ1v) is 5.49. The molecular weight excluding hydrogens is 253 g/mol. The van der Waals surface area contributed by atoms with Gasteiger partial charge in [0.2, 0.25) is 0 Å². The summed E-state index contributed by atoms with van der Waals surface area (Å²) in [7, 11) is 0. The third-order valence-electron chi connectivity index (χ3n) is 2.39. The van der Waals surface area contributed by atoms with E-state index in [-0.39, 0.29) is 5.56 Å². The number of nitrogens with zero attached hydrogens (tertiary/aromatic N) is 1. The fourth-order valence-corrected chi connectivity index (χ4v) is 1.67. The molecule has 3 N–H and O–H groups in total. The maximum atomic E-state index is 13.0. The highest BCUT2D eigenvalue weighted by atomic mass is 35.5. The Bertz CT molecular complexity index is 635. The highest BCUT2D eigenvalue weighted by molar-refractivity contribution is 6.31. The van der Waals surface area contributed by atoms with Gasteiger partial charge in [-0.25, -0.2) is 4.39 Å². The second-order valence-electron chi connectivity index (χ2n) is 3.66. The Kier molecular flexibility index (Phi) is 3.35. The number of nitrogens with two attached hydrogens (primary N) is 1. The fourth-order valence-electron chi connectivity index (χ4n) is 1.50. The van der Waals surface area contributed by atoms with Crippen molar-refractivity contribution in [1.29, 1.82) is 5.26 Å². The third-order valence-corrected chi connectivity index (χ3v) is 2.62. The Morgan fingerprint density at radius 2 is 1.94 bits per heavy atom. The number of anilines is 3. The molecule has 2 aromatic rings. The van der Waals surface area contributed by atoms with E-state index in [1.807, 2.05) is 6.07 Å². The number of hydrogen-bond acceptors (Lipinski definition) is 3. The summed E-state index contributed by atoms with van der Waals surface area (Å²) in [6.45, 7) is 0. The summed E-state index contributed by atoms with van der Waals surface area (Å²) in [6.07, 6.45) is 0. The second kappa shape index (κ2) is 4.94. The quantitative estimate of drug-likeness (QED) is 0.811. The average molecular weight is 262 g/mol. The molecule has 3 nitrogen and oxygen atoms in total. The smallest absolute Gasteiger partial charge is 0.124 e. The van der Waals surface area contributed by atoms with E-state index in [1.54, 1.807) is 18.2 Å². The fraction of sp³-hybridized carbons (Fsp3) is 0. The Labute approximate surface area is 109 Å². The van der Waals surface area contributed by atoms with E-state index >= 15 is 0 Å². The highest BCUT2D eigenvalue weighted by Gasteiger charge is 2.06. The van der Waals surface area contributed by atoms with E-state index in [4.69, 9.17) is 22.6 Å². The number of rotatable bonds is 2. The number of halogens is 2. The molecule has 2 rings (SSSR count). The molecule has 18 heavy (non-hydrogen) atoms. The van der Waals surface area contributed by atoms with Crippen molar-refractivity contribution in [3.8, 4) is 6.07 Å². The molecule has 0 aliphatic heterocycles. The van der Waals surface area contributed by atoms with Gasteiger partial charge in [0.05, 0.1) is 22.6 Å². The first-order valence-electron chi connectivity index (χ1n) is 5.12. The standard InChI is InChI=1S/C13H9ClFN3/c14-9-1-3-11(17)13(6-9)18-12-4-2-10(15)5-8(12)7-16/h1-6,18H,17H2. The van der Waals surface area contributed by atoms with Gasteiger partial charge in [0.15, 0.2) is 0 Å². The van der Waals surface area contributed by atoms with Gasteiger partial charge in [-0.2, -0.15) is 5.26 Å². The molecule has 0 bridgehead atoms. The molecule has 0 atom stereocenters. The van der Waals surface area contributed by atoms with Crippen LogP contribution in [0.15, 0.2) is 36.4 Å². The molecule has 0 aliphatic carbocycles. The summed E-state index contributed by atoms with van der Waals surface area (Å²) in [5.41, 5.74) is 7.53. The molecule has 2 aromatic carbocycles. The van der Waals surface area contributed by atoms with E-state index in [0.717, 1.165) is 6.07 Å². The molecule has 5 heteroatoms. The van der Waals surface area contributed by atoms with Crippen molar-refractivity contribution >= 4 is 28.7 Å². The lowest BCUT2D eigenvalue weighted by Crippen LogP contribution is -1.98. The van der Waals surface area contributed by atoms with Crippen LogP contribution in [0, 0.1) is 17.1 Å². The van der Waals surface area contributed by atoms with Crippen LogP contribution in [0.3, 0.4) is 0 Å². The van der Waals surface area contributed by atoms with Crippen LogP contribution < -0.4 is 11.1 Å². The van der Waals surface area contributed by atoms with Gasteiger partial charge >= 0.3 is 0 Å². The van der Waals surface area contributed by atoms with Gasteiger partial charge in [0.1, 0.15) is 11.9 Å². The van der Waals surface area contributed by atoms with Crippen molar-refractivity contribution in [2.75, 3.05) is 11.1 Å². The molecule has 0 saturated heterocycles. The highest BCUT2D eigenvalue weighted by Crippen LogP contribution is 2.28. The monoisotopic (exact) mass is 261 g/mol. The van der Waals surface area contributed by atoms with Crippen LogP contribution in [0.5, 0.6) is 0 Å². The first-order chi connectivity index (χ1) is 8.60. The number of nitrogen functional groups attached to an aromatic ring is 1. The normalized spacial score (nSPS) is 9.83. The van der Waals surface area contributed by atoms with Gasteiger partial charge < -0.3 is 11.1 Å². The molecule has 0 heterocycles. The van der Waals surface area contributed by atoms with Crippen LogP contribution in [-0.4, -0.2) is 0 Å². The summed E-state index contributed by atoms with van der Waals surface area (Å²) in [4.78, 5) is 0. The summed E-state index contributed by atoms with van der Waals surface area (Å²) in [5.74, 6) is -0.462. The van der Waals surface area contributed by atoms with Crippen LogP contribution in [0.4, 0.5) is 21.5 Å². The average Bonchev–Trinajstić information content (AvgIpc) is 2.36. The van der Waals surface area contributed by atoms with Crippen molar-refractivity contribution in [2.45, 2.75) is 0 Å². The van der Waals surface area contributed by atoms with E-state index < -0.39 is 5.82 Å². The Hall–Kier alpha value is -2.25. The van der Waals surface area contributed by atoms with Crippen molar-refractivity contribution in [3.63, 3.8) is 0 Å². The molecule has 0 spiro atoms. The van der Waals surface area contributed by atoms with Gasteiger partial charge in [0.25, 0.3) is 0 Å². The molecule has 0 radical (unpaired) electrons. The number of nitriles is 1. The van der Waals surface area contributed by atoms with Gasteiger partial charge in [-0.05, 0) is 36.4 Å². The largest absolute Gasteiger partial charge is 0.397 e. The zero-order valence-electron chi connectivity index (χ0n) is 9.24. The summed E-state index contributed by atoms with van der Waals surface area (Å²) < 4.78 is 13.0. The lowest BCUT2D eigenvalue weighted by atomic mass is 10.1. The SMILES string of the molecule is N#Cc1cc(F)ccc1Nc1cc(Cl)ccc1N. The minimum atomic E-state index is -0.462. The lowest BCUT2D eigenvalue weighted by Gasteiger charge is -2.11. The number of benzene rings is 2. The Balaban J connectivity index is 2.40. The Morgan fingerprint density at radius 1 is 1.17 bits per heavy atom. The second-order valence-corrected chi connectivity index (χ2v) is 4.09. The van der Waals surface area contributed by atoms with Crippen LogP contribution in [0.2, 0.25) is 5.02 Å². The van der Waals surface area contributed by atoms with E-state index in [2.05, 4.69) is 5.32 Å². The summed E-state index contributed by atoms with van der Waals surface area (Å²) in [6, 6.07) is 10.8. The van der Waals surface area contributed by atoms with Gasteiger partial charge in [-0.15, -0.1) is 0 Å². The van der Waals surface area contributed by atoms with Crippen LogP contribution in [0.1, 0.15) is 5.56 Å². The summed E-state index contributed by atoms with van der Waals surface area (Å²) >= 11 is 5.86. The van der Waals surface area contributed by atoms with Crippen molar-refractivity contribution < 1.29 is 4.39 Å². The van der Waals surface area contributed by atoms with Crippen LogP contribution in [-0.2, 0) is 0 Å². The molecule has 0 saturated carbocycles. The molecule has 0 amide bonds. The predicted octanol–water partition coefficient (Wildman–Crippen LogP) is 3.68. The maximum Gasteiger partial charge on any atom is 0.124 e. The maximum absolute atomic E-state index is 13.0. The zero-order valence-corrected chi connectivity index (χ0v) is 10.0. The number of nitrogens with one attached hydrogen (secondary N) is 1. The van der Waals surface area contributed by atoms with Gasteiger partial charge in [-0.3, -0.25) is 0 Å². The van der Waals surface area contributed by atoms with Crippen molar-refractivity contribution in [2.24, 2.45) is 0 Å². The molecule has 0 aromatic heterocycles. The minimum Gasteiger partial charge on any atom is -0.397 e. The molecule has 0 fully saturated rings. The third kappa shape index (κ3) is 2.53. The first kappa shape index (κ1) is 12.2. The van der Waals surface area contributed by atoms with E-state index in [9.17, 15) is 4.39 Å². The summed E-state index contributed by atoms with van der Waals surface area (Å²) in [5, 5.41) is 12.4. The molecule has 0 unspecified atom stereocenters. The topological polar surface area (TPSA) is 61.8 Å². The zero-order chi connectivity index (χ0) is 13.1. The van der Waals surface area contributed by atoms with Crippen LogP contribution >= 0.6 is 11.6 Å². The van der Waals surface area contributed by atoms with Crippen LogP contribution in [0.25, 0.3) is 0 Å². The van der Waals surface area contributed by atoms with E-state index in [1.165, 1.54) is 12.1 Å². The molecular formula is C13H9ClFN3. The lowest BCUT2D eigenvalue weighted by molar-refractivity contribution is 0.627. The van der Waals surface area contributed by atoms with E-state index in [0.29, 0.717) is 22.1 Å². The van der Waals surface area contributed by atoms with Crippen molar-refractivity contribution in [1.82, 2.24) is 0 Å². The molecule has 90 valence electrons. The number of hydrogen-bond donors (Lipinski definition) is 2. The predicted molar refractivity (Wildman–Crippen MR) is 70.3 cm³/mol. The molecule has 0 aliphatic rings.